The fourth-order valence-corrected chi connectivity index (χ4v) is 2.45. The lowest BCUT2D eigenvalue weighted by Gasteiger charge is -2.06. The fraction of sp³-hybridized carbons (Fsp3) is 0.368. The fourth-order valence-electron chi connectivity index (χ4n) is 2.45. The monoisotopic (exact) mass is 284 g/mol. The second-order valence-corrected chi connectivity index (χ2v) is 5.46. The standard InChI is InChI=1S/C19H24O2/c20-13-1-3-16-5-9-18(10-6-16)15-19-11-7-17(8-12-19)4-2-14-21/h5-12,20-21H,1-4,13-15H2. The molecule has 2 aromatic carbocycles. The molecule has 0 aliphatic rings. The highest BCUT2D eigenvalue weighted by Gasteiger charge is 1.99. The molecule has 0 radical (unpaired) electrons. The first-order chi connectivity index (χ1) is 10.3. The van der Waals surface area contributed by atoms with Crippen molar-refractivity contribution in [3.8, 4) is 0 Å². The Bertz CT molecular complexity index is 465. The van der Waals surface area contributed by atoms with Crippen LogP contribution in [-0.2, 0) is 19.3 Å². The van der Waals surface area contributed by atoms with Gasteiger partial charge in [0.1, 0.15) is 0 Å². The third-order valence-corrected chi connectivity index (χ3v) is 3.70. The van der Waals surface area contributed by atoms with Crippen LogP contribution in [0.1, 0.15) is 35.1 Å². The zero-order valence-corrected chi connectivity index (χ0v) is 12.5. The highest BCUT2D eigenvalue weighted by Crippen LogP contribution is 2.13. The normalized spacial score (nSPS) is 10.8. The molecule has 2 nitrogen and oxygen atoms in total. The lowest BCUT2D eigenvalue weighted by atomic mass is 10.0. The van der Waals surface area contributed by atoms with Gasteiger partial charge in [-0.05, 0) is 54.4 Å². The molecule has 0 unspecified atom stereocenters. The van der Waals surface area contributed by atoms with Crippen molar-refractivity contribution in [1.29, 1.82) is 0 Å². The van der Waals surface area contributed by atoms with Crippen LogP contribution in [-0.4, -0.2) is 23.4 Å². The minimum absolute atomic E-state index is 0.254. The zero-order chi connectivity index (χ0) is 14.9. The van der Waals surface area contributed by atoms with Crippen molar-refractivity contribution in [2.24, 2.45) is 0 Å². The van der Waals surface area contributed by atoms with Crippen LogP contribution in [0, 0.1) is 0 Å². The molecule has 0 fully saturated rings. The smallest absolute Gasteiger partial charge is 0.0434 e. The molecule has 0 aliphatic heterocycles. The van der Waals surface area contributed by atoms with E-state index in [0.717, 1.165) is 32.1 Å². The molecular formula is C19H24O2. The Hall–Kier alpha value is -1.64. The molecule has 0 saturated carbocycles. The third-order valence-electron chi connectivity index (χ3n) is 3.70. The number of hydrogen-bond donors (Lipinski definition) is 2. The Labute approximate surface area is 127 Å². The molecule has 0 atom stereocenters. The summed E-state index contributed by atoms with van der Waals surface area (Å²) in [6.07, 6.45) is 4.48. The Morgan fingerprint density at radius 2 is 0.857 bits per heavy atom. The first kappa shape index (κ1) is 15.7. The second-order valence-electron chi connectivity index (χ2n) is 5.46. The van der Waals surface area contributed by atoms with E-state index in [1.54, 1.807) is 0 Å². The number of benzene rings is 2. The van der Waals surface area contributed by atoms with Gasteiger partial charge in [-0.15, -0.1) is 0 Å². The molecule has 0 spiro atoms. The molecule has 0 aromatic heterocycles. The highest BCUT2D eigenvalue weighted by molar-refractivity contribution is 5.30. The molecule has 2 rings (SSSR count). The lowest BCUT2D eigenvalue weighted by Crippen LogP contribution is -1.93. The minimum Gasteiger partial charge on any atom is -0.396 e. The van der Waals surface area contributed by atoms with Crippen molar-refractivity contribution in [3.63, 3.8) is 0 Å². The van der Waals surface area contributed by atoms with Crippen LogP contribution >= 0.6 is 0 Å². The van der Waals surface area contributed by atoms with Crippen LogP contribution in [0.2, 0.25) is 0 Å². The van der Waals surface area contributed by atoms with Gasteiger partial charge in [0.2, 0.25) is 0 Å². The number of rotatable bonds is 8. The molecule has 112 valence electrons. The number of aliphatic hydroxyl groups excluding tert-OH is 2. The van der Waals surface area contributed by atoms with Gasteiger partial charge >= 0.3 is 0 Å². The van der Waals surface area contributed by atoms with E-state index >= 15 is 0 Å². The van der Waals surface area contributed by atoms with Crippen molar-refractivity contribution in [1.82, 2.24) is 0 Å². The van der Waals surface area contributed by atoms with Crippen LogP contribution < -0.4 is 0 Å². The average molecular weight is 284 g/mol. The van der Waals surface area contributed by atoms with E-state index in [1.807, 2.05) is 0 Å². The van der Waals surface area contributed by atoms with Crippen molar-refractivity contribution < 1.29 is 10.2 Å². The summed E-state index contributed by atoms with van der Waals surface area (Å²) in [4.78, 5) is 0. The number of hydrogen-bond acceptors (Lipinski definition) is 2. The first-order valence-electron chi connectivity index (χ1n) is 7.69. The summed E-state index contributed by atoms with van der Waals surface area (Å²) in [5.41, 5.74) is 5.19. The summed E-state index contributed by atoms with van der Waals surface area (Å²) < 4.78 is 0. The molecule has 0 bridgehead atoms. The van der Waals surface area contributed by atoms with E-state index in [-0.39, 0.29) is 13.2 Å². The Kier molecular flexibility index (Phi) is 6.45. The molecule has 0 amide bonds. The maximum Gasteiger partial charge on any atom is 0.0434 e. The van der Waals surface area contributed by atoms with E-state index in [2.05, 4.69) is 48.5 Å². The van der Waals surface area contributed by atoms with Crippen molar-refractivity contribution in [2.75, 3.05) is 13.2 Å². The summed E-state index contributed by atoms with van der Waals surface area (Å²) in [5.74, 6) is 0. The predicted octanol–water partition coefficient (Wildman–Crippen LogP) is 3.13. The maximum atomic E-state index is 8.84. The van der Waals surface area contributed by atoms with Crippen LogP contribution in [0.3, 0.4) is 0 Å². The largest absolute Gasteiger partial charge is 0.396 e. The molecule has 2 aromatic rings. The van der Waals surface area contributed by atoms with Crippen LogP contribution in [0.5, 0.6) is 0 Å². The van der Waals surface area contributed by atoms with Gasteiger partial charge in [-0.3, -0.25) is 0 Å². The van der Waals surface area contributed by atoms with E-state index in [4.69, 9.17) is 10.2 Å². The van der Waals surface area contributed by atoms with Crippen LogP contribution in [0.15, 0.2) is 48.5 Å². The van der Waals surface area contributed by atoms with Crippen molar-refractivity contribution in [2.45, 2.75) is 32.1 Å². The van der Waals surface area contributed by atoms with Crippen molar-refractivity contribution >= 4 is 0 Å². The Balaban J connectivity index is 1.91. The van der Waals surface area contributed by atoms with Crippen LogP contribution in [0.4, 0.5) is 0 Å². The summed E-state index contributed by atoms with van der Waals surface area (Å²) in [6.45, 7) is 0.509. The summed E-state index contributed by atoms with van der Waals surface area (Å²) in [5, 5.41) is 17.7. The van der Waals surface area contributed by atoms with Gasteiger partial charge in [0.05, 0.1) is 0 Å². The SMILES string of the molecule is OCCCc1ccc(Cc2ccc(CCCO)cc2)cc1. The minimum atomic E-state index is 0.254. The summed E-state index contributed by atoms with van der Waals surface area (Å²) in [6, 6.07) is 17.3. The van der Waals surface area contributed by atoms with Gasteiger partial charge in [0.25, 0.3) is 0 Å². The zero-order valence-electron chi connectivity index (χ0n) is 12.5. The quantitative estimate of drug-likeness (QED) is 0.782. The van der Waals surface area contributed by atoms with E-state index in [1.165, 1.54) is 22.3 Å². The lowest BCUT2D eigenvalue weighted by molar-refractivity contribution is 0.288. The van der Waals surface area contributed by atoms with E-state index < -0.39 is 0 Å². The van der Waals surface area contributed by atoms with Crippen LogP contribution in [0.25, 0.3) is 0 Å². The molecule has 2 heteroatoms. The van der Waals surface area contributed by atoms with E-state index in [9.17, 15) is 0 Å². The van der Waals surface area contributed by atoms with Crippen molar-refractivity contribution in [3.05, 3.63) is 70.8 Å². The molecule has 21 heavy (non-hydrogen) atoms. The number of aliphatic hydroxyl groups is 2. The van der Waals surface area contributed by atoms with Gasteiger partial charge in [-0.2, -0.15) is 0 Å². The highest BCUT2D eigenvalue weighted by atomic mass is 16.3. The maximum absolute atomic E-state index is 8.84. The Morgan fingerprint density at radius 3 is 1.19 bits per heavy atom. The number of aryl methyl sites for hydroxylation is 2. The first-order valence-corrected chi connectivity index (χ1v) is 7.69. The second kappa shape index (κ2) is 8.60. The average Bonchev–Trinajstić information content (AvgIpc) is 2.53. The summed E-state index contributed by atoms with van der Waals surface area (Å²) in [7, 11) is 0. The molecule has 0 aliphatic carbocycles. The van der Waals surface area contributed by atoms with Gasteiger partial charge in [0.15, 0.2) is 0 Å². The predicted molar refractivity (Wildman–Crippen MR) is 86.5 cm³/mol. The summed E-state index contributed by atoms with van der Waals surface area (Å²) >= 11 is 0. The molecule has 0 saturated heterocycles. The topological polar surface area (TPSA) is 40.5 Å². The molecular weight excluding hydrogens is 260 g/mol. The van der Waals surface area contributed by atoms with Gasteiger partial charge in [-0.25, -0.2) is 0 Å². The third kappa shape index (κ3) is 5.33. The molecule has 0 heterocycles. The Morgan fingerprint density at radius 1 is 0.524 bits per heavy atom. The van der Waals surface area contributed by atoms with Gasteiger partial charge < -0.3 is 10.2 Å². The van der Waals surface area contributed by atoms with Gasteiger partial charge in [0, 0.05) is 13.2 Å². The van der Waals surface area contributed by atoms with Gasteiger partial charge in [-0.1, -0.05) is 48.5 Å². The molecule has 2 N–H and O–H groups in total. The van der Waals surface area contributed by atoms with E-state index in [0.29, 0.717) is 0 Å².